The van der Waals surface area contributed by atoms with Gasteiger partial charge < -0.3 is 15.2 Å². The fraction of sp³-hybridized carbons (Fsp3) is 0.333. The third-order valence-corrected chi connectivity index (χ3v) is 3.28. The van der Waals surface area contributed by atoms with Gasteiger partial charge >= 0.3 is 0 Å². The number of rotatable bonds is 5. The molecule has 0 saturated carbocycles. The zero-order chi connectivity index (χ0) is 14.5. The summed E-state index contributed by atoms with van der Waals surface area (Å²) in [5, 5.41) is 0. The molecule has 5 heteroatoms. The van der Waals surface area contributed by atoms with Crippen LogP contribution in [0.3, 0.4) is 0 Å². The second-order valence-corrected chi connectivity index (χ2v) is 4.85. The van der Waals surface area contributed by atoms with E-state index < -0.39 is 0 Å². The predicted octanol–water partition coefficient (Wildman–Crippen LogP) is 1.19. The first kappa shape index (κ1) is 14.3. The molecule has 0 aliphatic rings. The van der Waals surface area contributed by atoms with Crippen LogP contribution in [0, 0.1) is 0 Å². The molecular formula is C15H20N4O. The number of hydrogen-bond acceptors (Lipinski definition) is 3. The van der Waals surface area contributed by atoms with Crippen molar-refractivity contribution in [2.45, 2.75) is 13.0 Å². The van der Waals surface area contributed by atoms with E-state index in [1.54, 1.807) is 18.1 Å². The first-order chi connectivity index (χ1) is 9.61. The van der Waals surface area contributed by atoms with Crippen molar-refractivity contribution in [2.75, 3.05) is 13.6 Å². The lowest BCUT2D eigenvalue weighted by Crippen LogP contribution is -2.27. The summed E-state index contributed by atoms with van der Waals surface area (Å²) in [5.74, 6) is 0.855. The van der Waals surface area contributed by atoms with E-state index in [0.29, 0.717) is 18.7 Å². The summed E-state index contributed by atoms with van der Waals surface area (Å²) in [4.78, 5) is 18.2. The smallest absolute Gasteiger partial charge is 0.253 e. The summed E-state index contributed by atoms with van der Waals surface area (Å²) in [6.07, 6.45) is 4.43. The minimum atomic E-state index is -0.00713. The molecule has 0 atom stereocenters. The number of carbonyl (C=O) groups is 1. The van der Waals surface area contributed by atoms with E-state index in [1.165, 1.54) is 0 Å². The maximum absolute atomic E-state index is 12.3. The Morgan fingerprint density at radius 1 is 1.35 bits per heavy atom. The van der Waals surface area contributed by atoms with Gasteiger partial charge in [-0.25, -0.2) is 4.98 Å². The van der Waals surface area contributed by atoms with Crippen LogP contribution in [-0.4, -0.2) is 34.0 Å². The highest BCUT2D eigenvalue weighted by atomic mass is 16.2. The number of amides is 1. The number of imidazole rings is 1. The van der Waals surface area contributed by atoms with E-state index in [2.05, 4.69) is 4.98 Å². The van der Waals surface area contributed by atoms with Gasteiger partial charge in [0.2, 0.25) is 0 Å². The number of aryl methyl sites for hydroxylation is 1. The summed E-state index contributed by atoms with van der Waals surface area (Å²) in [6, 6.07) is 7.61. The van der Waals surface area contributed by atoms with Crippen LogP contribution in [0.25, 0.3) is 0 Å². The van der Waals surface area contributed by atoms with Crippen LogP contribution in [-0.2, 0) is 20.0 Å². The van der Waals surface area contributed by atoms with Crippen molar-refractivity contribution < 1.29 is 4.79 Å². The molecule has 0 radical (unpaired) electrons. The van der Waals surface area contributed by atoms with Crippen LogP contribution in [0.15, 0.2) is 36.7 Å². The highest BCUT2D eigenvalue weighted by molar-refractivity contribution is 5.94. The molecule has 0 saturated heterocycles. The molecular weight excluding hydrogens is 252 g/mol. The Morgan fingerprint density at radius 2 is 2.05 bits per heavy atom. The van der Waals surface area contributed by atoms with Gasteiger partial charge in [-0.15, -0.1) is 0 Å². The van der Waals surface area contributed by atoms with Crippen LogP contribution in [0.2, 0.25) is 0 Å². The highest BCUT2D eigenvalue weighted by Gasteiger charge is 2.13. The molecule has 0 aliphatic carbocycles. The Hall–Kier alpha value is -2.14. The Kier molecular flexibility index (Phi) is 4.53. The van der Waals surface area contributed by atoms with Gasteiger partial charge in [-0.1, -0.05) is 12.1 Å². The molecule has 2 N–H and O–H groups in total. The number of carbonyl (C=O) groups excluding carboxylic acids is 1. The SMILES string of the molecule is CN(Cc1nccn1C)C(=O)c1ccc(CCN)cc1. The van der Waals surface area contributed by atoms with Crippen molar-refractivity contribution in [3.8, 4) is 0 Å². The minimum absolute atomic E-state index is 0.00713. The second kappa shape index (κ2) is 6.34. The zero-order valence-electron chi connectivity index (χ0n) is 11.9. The second-order valence-electron chi connectivity index (χ2n) is 4.85. The van der Waals surface area contributed by atoms with Crippen LogP contribution in [0.1, 0.15) is 21.7 Å². The molecule has 20 heavy (non-hydrogen) atoms. The topological polar surface area (TPSA) is 64.2 Å². The lowest BCUT2D eigenvalue weighted by atomic mass is 10.1. The van der Waals surface area contributed by atoms with Crippen molar-refractivity contribution in [3.63, 3.8) is 0 Å². The fourth-order valence-corrected chi connectivity index (χ4v) is 2.03. The largest absolute Gasteiger partial charge is 0.337 e. The first-order valence-corrected chi connectivity index (χ1v) is 6.62. The van der Waals surface area contributed by atoms with Crippen LogP contribution >= 0.6 is 0 Å². The number of nitrogens with zero attached hydrogens (tertiary/aromatic N) is 3. The number of aromatic nitrogens is 2. The van der Waals surface area contributed by atoms with Crippen molar-refractivity contribution in [1.29, 1.82) is 0 Å². The Morgan fingerprint density at radius 3 is 2.60 bits per heavy atom. The quantitative estimate of drug-likeness (QED) is 0.889. The molecule has 0 fully saturated rings. The molecule has 0 unspecified atom stereocenters. The minimum Gasteiger partial charge on any atom is -0.337 e. The molecule has 0 aliphatic heterocycles. The van der Waals surface area contributed by atoms with Gasteiger partial charge in [-0.3, -0.25) is 4.79 Å². The van der Waals surface area contributed by atoms with Gasteiger partial charge in [-0.05, 0) is 30.7 Å². The summed E-state index contributed by atoms with van der Waals surface area (Å²) in [5.41, 5.74) is 7.34. The Bertz CT molecular complexity index is 574. The molecule has 106 valence electrons. The number of hydrogen-bond donors (Lipinski definition) is 1. The summed E-state index contributed by atoms with van der Waals surface area (Å²) in [7, 11) is 3.70. The number of nitrogens with two attached hydrogens (primary N) is 1. The molecule has 1 aromatic heterocycles. The van der Waals surface area contributed by atoms with Crippen LogP contribution in [0.4, 0.5) is 0 Å². The Labute approximate surface area is 119 Å². The average Bonchev–Trinajstić information content (AvgIpc) is 2.85. The van der Waals surface area contributed by atoms with Gasteiger partial charge in [0.05, 0.1) is 6.54 Å². The molecule has 1 aromatic carbocycles. The molecule has 5 nitrogen and oxygen atoms in total. The van der Waals surface area contributed by atoms with E-state index in [0.717, 1.165) is 17.8 Å². The van der Waals surface area contributed by atoms with Crippen molar-refractivity contribution >= 4 is 5.91 Å². The maximum Gasteiger partial charge on any atom is 0.253 e. The van der Waals surface area contributed by atoms with E-state index in [-0.39, 0.29) is 5.91 Å². The van der Waals surface area contributed by atoms with Crippen molar-refractivity contribution in [3.05, 3.63) is 53.6 Å². The zero-order valence-corrected chi connectivity index (χ0v) is 11.9. The fourth-order valence-electron chi connectivity index (χ4n) is 2.03. The molecule has 0 spiro atoms. The molecule has 2 aromatic rings. The Balaban J connectivity index is 2.04. The number of benzene rings is 1. The first-order valence-electron chi connectivity index (χ1n) is 6.62. The highest BCUT2D eigenvalue weighted by Crippen LogP contribution is 2.09. The predicted molar refractivity (Wildman–Crippen MR) is 78.2 cm³/mol. The molecule has 2 rings (SSSR count). The third kappa shape index (κ3) is 3.24. The van der Waals surface area contributed by atoms with Gasteiger partial charge in [-0.2, -0.15) is 0 Å². The van der Waals surface area contributed by atoms with Gasteiger partial charge in [0.25, 0.3) is 5.91 Å². The van der Waals surface area contributed by atoms with Crippen molar-refractivity contribution in [1.82, 2.24) is 14.5 Å². The van der Waals surface area contributed by atoms with Gasteiger partial charge in [0.1, 0.15) is 5.82 Å². The molecule has 1 heterocycles. The van der Waals surface area contributed by atoms with Crippen LogP contribution in [0.5, 0.6) is 0 Å². The van der Waals surface area contributed by atoms with E-state index in [4.69, 9.17) is 5.73 Å². The van der Waals surface area contributed by atoms with E-state index in [1.807, 2.05) is 42.1 Å². The van der Waals surface area contributed by atoms with E-state index in [9.17, 15) is 4.79 Å². The molecule has 0 bridgehead atoms. The average molecular weight is 272 g/mol. The van der Waals surface area contributed by atoms with Crippen LogP contribution < -0.4 is 5.73 Å². The lowest BCUT2D eigenvalue weighted by Gasteiger charge is -2.17. The van der Waals surface area contributed by atoms with Gasteiger partial charge in [0, 0.05) is 32.1 Å². The lowest BCUT2D eigenvalue weighted by molar-refractivity contribution is 0.0780. The molecule has 1 amide bonds. The summed E-state index contributed by atoms with van der Waals surface area (Å²) in [6.45, 7) is 1.11. The summed E-state index contributed by atoms with van der Waals surface area (Å²) >= 11 is 0. The monoisotopic (exact) mass is 272 g/mol. The van der Waals surface area contributed by atoms with Crippen molar-refractivity contribution in [2.24, 2.45) is 12.8 Å². The van der Waals surface area contributed by atoms with E-state index >= 15 is 0 Å². The normalized spacial score (nSPS) is 10.6. The summed E-state index contributed by atoms with van der Waals surface area (Å²) < 4.78 is 1.91. The van der Waals surface area contributed by atoms with Gasteiger partial charge in [0.15, 0.2) is 0 Å². The standard InChI is InChI=1S/C15H20N4O/c1-18-10-9-17-14(18)11-19(2)15(20)13-5-3-12(4-6-13)7-8-16/h3-6,9-10H,7-8,11,16H2,1-2H3. The third-order valence-electron chi connectivity index (χ3n) is 3.28. The maximum atomic E-state index is 12.3.